The number of hydrogen-bond donors (Lipinski definition) is 0. The molecule has 0 spiro atoms. The van der Waals surface area contributed by atoms with Gasteiger partial charge in [0.2, 0.25) is 0 Å². The Morgan fingerprint density at radius 2 is 1.82 bits per heavy atom. The summed E-state index contributed by atoms with van der Waals surface area (Å²) >= 11 is 0. The van der Waals surface area contributed by atoms with E-state index in [0.717, 1.165) is 56.8 Å². The van der Waals surface area contributed by atoms with E-state index in [0.29, 0.717) is 0 Å². The molecule has 1 amide bonds. The van der Waals surface area contributed by atoms with Crippen molar-refractivity contribution in [2.75, 3.05) is 12.0 Å². The first-order valence-corrected chi connectivity index (χ1v) is 9.53. The second-order valence-electron chi connectivity index (χ2n) is 8.36. The summed E-state index contributed by atoms with van der Waals surface area (Å²) in [7, 11) is 1.64. The quantitative estimate of drug-likeness (QED) is 0.628. The maximum absolute atomic E-state index is 13.7. The summed E-state index contributed by atoms with van der Waals surface area (Å²) in [5.41, 5.74) is 6.53. The Balaban J connectivity index is 1.80. The van der Waals surface area contributed by atoms with Crippen LogP contribution in [0.3, 0.4) is 0 Å². The Hall–Kier alpha value is -3.14. The van der Waals surface area contributed by atoms with Crippen LogP contribution in [0.4, 0.5) is 5.69 Å². The smallest absolute Gasteiger partial charge is 0.264 e. The molecular formula is C24H22N2O2. The second kappa shape index (κ2) is 5.68. The van der Waals surface area contributed by atoms with Crippen LogP contribution >= 0.6 is 0 Å². The molecule has 3 aromatic rings. The van der Waals surface area contributed by atoms with Gasteiger partial charge in [0, 0.05) is 16.6 Å². The molecule has 0 bridgehead atoms. The number of carbonyl (C=O) groups excluding carboxylic acids is 1. The van der Waals surface area contributed by atoms with Crippen LogP contribution in [0.25, 0.3) is 16.6 Å². The lowest BCUT2D eigenvalue weighted by Crippen LogP contribution is -2.26. The van der Waals surface area contributed by atoms with Crippen LogP contribution in [0, 0.1) is 12.3 Å². The Labute approximate surface area is 164 Å². The summed E-state index contributed by atoms with van der Waals surface area (Å²) in [6.07, 6.45) is 3.05. The van der Waals surface area contributed by atoms with E-state index in [4.69, 9.17) is 9.72 Å². The SMILES string of the molecule is COc1ccc(N2C(=O)c3c4c(nc5ccc(C)cc35)CC(C)(C)C=C42)cc1. The van der Waals surface area contributed by atoms with E-state index in [2.05, 4.69) is 32.1 Å². The molecule has 0 saturated carbocycles. The Bertz CT molecular complexity index is 1170. The minimum absolute atomic E-state index is 0.0170. The van der Waals surface area contributed by atoms with Gasteiger partial charge in [0.25, 0.3) is 5.91 Å². The van der Waals surface area contributed by atoms with Gasteiger partial charge in [-0.1, -0.05) is 31.6 Å². The molecule has 2 heterocycles. The lowest BCUT2D eigenvalue weighted by Gasteiger charge is -2.30. The van der Waals surface area contributed by atoms with Crippen molar-refractivity contribution < 1.29 is 9.53 Å². The van der Waals surface area contributed by atoms with Crippen LogP contribution < -0.4 is 9.64 Å². The molecule has 4 heteroatoms. The van der Waals surface area contributed by atoms with Gasteiger partial charge in [-0.25, -0.2) is 0 Å². The maximum atomic E-state index is 13.7. The van der Waals surface area contributed by atoms with Gasteiger partial charge in [-0.05, 0) is 55.2 Å². The average molecular weight is 370 g/mol. The molecule has 140 valence electrons. The van der Waals surface area contributed by atoms with Crippen molar-refractivity contribution in [3.05, 3.63) is 70.9 Å². The molecule has 2 aliphatic rings. The van der Waals surface area contributed by atoms with Crippen LogP contribution in [0.1, 0.15) is 41.0 Å². The van der Waals surface area contributed by atoms with Crippen LogP contribution in [0.15, 0.2) is 48.5 Å². The van der Waals surface area contributed by atoms with E-state index in [1.807, 2.05) is 42.2 Å². The van der Waals surface area contributed by atoms with Crippen LogP contribution in [-0.2, 0) is 6.42 Å². The molecule has 4 nitrogen and oxygen atoms in total. The third-order valence-electron chi connectivity index (χ3n) is 5.61. The number of benzene rings is 2. The fourth-order valence-electron chi connectivity index (χ4n) is 4.36. The van der Waals surface area contributed by atoms with Crippen molar-refractivity contribution in [2.45, 2.75) is 27.2 Å². The number of carbonyl (C=O) groups is 1. The molecule has 2 aromatic carbocycles. The van der Waals surface area contributed by atoms with Crippen LogP contribution in [0.2, 0.25) is 0 Å². The summed E-state index contributed by atoms with van der Waals surface area (Å²) in [6.45, 7) is 6.43. The van der Waals surface area contributed by atoms with Crippen molar-refractivity contribution in [3.63, 3.8) is 0 Å². The number of rotatable bonds is 2. The lowest BCUT2D eigenvalue weighted by molar-refractivity contribution is 0.101. The van der Waals surface area contributed by atoms with Crippen molar-refractivity contribution in [1.29, 1.82) is 0 Å². The van der Waals surface area contributed by atoms with Crippen molar-refractivity contribution in [2.24, 2.45) is 5.41 Å². The average Bonchev–Trinajstić information content (AvgIpc) is 2.94. The van der Waals surface area contributed by atoms with Gasteiger partial charge in [-0.3, -0.25) is 14.7 Å². The van der Waals surface area contributed by atoms with E-state index >= 15 is 0 Å². The molecule has 0 N–H and O–H groups in total. The number of amides is 1. The molecule has 0 atom stereocenters. The zero-order chi connectivity index (χ0) is 19.6. The predicted molar refractivity (Wildman–Crippen MR) is 112 cm³/mol. The highest BCUT2D eigenvalue weighted by atomic mass is 16.5. The normalized spacial score (nSPS) is 16.9. The van der Waals surface area contributed by atoms with Gasteiger partial charge < -0.3 is 4.74 Å². The van der Waals surface area contributed by atoms with Gasteiger partial charge in [0.1, 0.15) is 5.75 Å². The van der Waals surface area contributed by atoms with E-state index < -0.39 is 0 Å². The molecule has 0 saturated heterocycles. The number of aryl methyl sites for hydroxylation is 1. The van der Waals surface area contributed by atoms with Crippen LogP contribution in [-0.4, -0.2) is 18.0 Å². The molecule has 0 unspecified atom stereocenters. The van der Waals surface area contributed by atoms with Crippen molar-refractivity contribution in [1.82, 2.24) is 4.98 Å². The predicted octanol–water partition coefficient (Wildman–Crippen LogP) is 5.14. The minimum Gasteiger partial charge on any atom is -0.497 e. The number of ether oxygens (including phenoxy) is 1. The number of hydrogen-bond acceptors (Lipinski definition) is 3. The fourth-order valence-corrected chi connectivity index (χ4v) is 4.36. The first kappa shape index (κ1) is 17.0. The maximum Gasteiger partial charge on any atom is 0.264 e. The number of nitrogens with zero attached hydrogens (tertiary/aromatic N) is 2. The van der Waals surface area contributed by atoms with Crippen LogP contribution in [0.5, 0.6) is 5.75 Å². The first-order chi connectivity index (χ1) is 13.4. The zero-order valence-electron chi connectivity index (χ0n) is 16.5. The topological polar surface area (TPSA) is 42.4 Å². The Kier molecular flexibility index (Phi) is 3.45. The molecular weight excluding hydrogens is 348 g/mol. The number of methoxy groups -OCH3 is 1. The van der Waals surface area contributed by atoms with E-state index in [9.17, 15) is 4.79 Å². The Morgan fingerprint density at radius 1 is 1.07 bits per heavy atom. The summed E-state index contributed by atoms with van der Waals surface area (Å²) in [4.78, 5) is 20.4. The third kappa shape index (κ3) is 2.37. The molecule has 5 rings (SSSR count). The van der Waals surface area contributed by atoms with Gasteiger partial charge in [-0.15, -0.1) is 0 Å². The summed E-state index contributed by atoms with van der Waals surface area (Å²) in [5, 5.41) is 0.936. The largest absolute Gasteiger partial charge is 0.497 e. The van der Waals surface area contributed by atoms with E-state index in [1.54, 1.807) is 7.11 Å². The highest BCUT2D eigenvalue weighted by Crippen LogP contribution is 2.47. The van der Waals surface area contributed by atoms with E-state index in [1.165, 1.54) is 0 Å². The second-order valence-corrected chi connectivity index (χ2v) is 8.36. The number of pyridine rings is 1. The van der Waals surface area contributed by atoms with Gasteiger partial charge in [0.15, 0.2) is 0 Å². The molecule has 0 radical (unpaired) electrons. The van der Waals surface area contributed by atoms with Gasteiger partial charge in [0.05, 0.1) is 29.6 Å². The number of fused-ring (bicyclic) bond motifs is 2. The summed E-state index contributed by atoms with van der Waals surface area (Å²) in [5.74, 6) is 0.790. The third-order valence-corrected chi connectivity index (χ3v) is 5.61. The molecule has 1 aliphatic heterocycles. The standard InChI is InChI=1S/C24H22N2O2/c1-14-5-10-18-17(11-14)21-22-19(25-18)12-24(2,3)13-20(22)26(23(21)27)15-6-8-16(28-4)9-7-15/h5-11,13H,12H2,1-4H3. The fraction of sp³-hybridized carbons (Fsp3) is 0.250. The monoisotopic (exact) mass is 370 g/mol. The van der Waals surface area contributed by atoms with Gasteiger partial charge >= 0.3 is 0 Å². The summed E-state index contributed by atoms with van der Waals surface area (Å²) < 4.78 is 5.28. The number of aromatic nitrogens is 1. The lowest BCUT2D eigenvalue weighted by atomic mass is 9.79. The first-order valence-electron chi connectivity index (χ1n) is 9.53. The van der Waals surface area contributed by atoms with E-state index in [-0.39, 0.29) is 11.3 Å². The number of allylic oxidation sites excluding steroid dienone is 1. The minimum atomic E-state index is -0.0691. The Morgan fingerprint density at radius 3 is 2.54 bits per heavy atom. The van der Waals surface area contributed by atoms with Gasteiger partial charge in [-0.2, -0.15) is 0 Å². The molecule has 28 heavy (non-hydrogen) atoms. The molecule has 1 aromatic heterocycles. The zero-order valence-corrected chi connectivity index (χ0v) is 16.5. The highest BCUT2D eigenvalue weighted by Gasteiger charge is 2.42. The molecule has 1 aliphatic carbocycles. The number of anilines is 1. The van der Waals surface area contributed by atoms with Crippen molar-refractivity contribution >= 4 is 28.2 Å². The van der Waals surface area contributed by atoms with Crippen molar-refractivity contribution in [3.8, 4) is 5.75 Å². The molecule has 0 fully saturated rings. The summed E-state index contributed by atoms with van der Waals surface area (Å²) in [6, 6.07) is 13.8. The highest BCUT2D eigenvalue weighted by molar-refractivity contribution is 6.27.